The molecule has 4 rings (SSSR count). The van der Waals surface area contributed by atoms with Crippen LogP contribution in [0.5, 0.6) is 0 Å². The van der Waals surface area contributed by atoms with Crippen LogP contribution >= 0.6 is 0 Å². The van der Waals surface area contributed by atoms with E-state index in [1.54, 1.807) is 13.1 Å². The molecule has 162 valence electrons. The van der Waals surface area contributed by atoms with Crippen LogP contribution in [0.15, 0.2) is 41.3 Å². The molecule has 1 aliphatic rings. The average molecular weight is 441 g/mol. The largest absolute Gasteiger partial charge is 0.356 e. The van der Waals surface area contributed by atoms with Crippen LogP contribution in [-0.4, -0.2) is 49.5 Å². The number of rotatable bonds is 7. The predicted octanol–water partition coefficient (Wildman–Crippen LogP) is 1.91. The fraction of sp³-hybridized carbons (Fsp3) is 0.318. The molecule has 0 bridgehead atoms. The molecule has 1 aromatic heterocycles. The molecule has 9 heteroatoms. The van der Waals surface area contributed by atoms with Gasteiger partial charge in [-0.3, -0.25) is 9.59 Å². The number of H-pyrrole nitrogens is 1. The van der Waals surface area contributed by atoms with Gasteiger partial charge in [0.15, 0.2) is 9.84 Å². The van der Waals surface area contributed by atoms with E-state index in [2.05, 4.69) is 15.3 Å². The summed E-state index contributed by atoms with van der Waals surface area (Å²) in [6.45, 7) is 2.37. The zero-order valence-corrected chi connectivity index (χ0v) is 18.3. The summed E-state index contributed by atoms with van der Waals surface area (Å²) in [6, 6.07) is 10.6. The lowest BCUT2D eigenvalue weighted by Gasteiger charge is -2.11. The number of aromatic amines is 1. The number of fused-ring (bicyclic) bond motifs is 2. The van der Waals surface area contributed by atoms with E-state index in [1.807, 2.05) is 25.1 Å². The number of anilines is 1. The van der Waals surface area contributed by atoms with Crippen LogP contribution in [0.4, 0.5) is 5.69 Å². The highest BCUT2D eigenvalue weighted by atomic mass is 32.2. The number of carbonyl (C=O) groups is 2. The van der Waals surface area contributed by atoms with Crippen molar-refractivity contribution in [2.75, 3.05) is 24.2 Å². The summed E-state index contributed by atoms with van der Waals surface area (Å²) in [5.74, 6) is 0.0898. The lowest BCUT2D eigenvalue weighted by molar-refractivity contribution is -0.120. The summed E-state index contributed by atoms with van der Waals surface area (Å²) >= 11 is 0. The molecule has 2 N–H and O–H groups in total. The molecule has 2 heterocycles. The number of hydrogen-bond donors (Lipinski definition) is 2. The molecule has 2 aromatic carbocycles. The lowest BCUT2D eigenvalue weighted by atomic mass is 10.2. The van der Waals surface area contributed by atoms with Gasteiger partial charge in [0.2, 0.25) is 11.8 Å². The number of sulfone groups is 1. The van der Waals surface area contributed by atoms with Gasteiger partial charge in [-0.15, -0.1) is 0 Å². The van der Waals surface area contributed by atoms with Gasteiger partial charge >= 0.3 is 0 Å². The van der Waals surface area contributed by atoms with E-state index < -0.39 is 9.84 Å². The fourth-order valence-corrected chi connectivity index (χ4v) is 4.98. The Hall–Kier alpha value is -3.20. The predicted molar refractivity (Wildman–Crippen MR) is 118 cm³/mol. The van der Waals surface area contributed by atoms with Gasteiger partial charge in [-0.2, -0.15) is 0 Å². The summed E-state index contributed by atoms with van der Waals surface area (Å²) < 4.78 is 25.3. The zero-order chi connectivity index (χ0) is 22.2. The first-order valence-corrected chi connectivity index (χ1v) is 11.7. The number of aryl methyl sites for hydroxylation is 1. The van der Waals surface area contributed by atoms with Crippen molar-refractivity contribution in [3.8, 4) is 0 Å². The maximum absolute atomic E-state index is 12.6. The molecule has 0 saturated heterocycles. The van der Waals surface area contributed by atoms with Crippen molar-refractivity contribution in [2.24, 2.45) is 0 Å². The van der Waals surface area contributed by atoms with Crippen molar-refractivity contribution >= 4 is 38.4 Å². The Morgan fingerprint density at radius 2 is 2.03 bits per heavy atom. The third-order valence-corrected chi connectivity index (χ3v) is 7.17. The number of nitrogens with one attached hydrogen (secondary N) is 2. The first-order chi connectivity index (χ1) is 14.7. The van der Waals surface area contributed by atoms with E-state index in [0.29, 0.717) is 18.5 Å². The van der Waals surface area contributed by atoms with Crippen LogP contribution in [-0.2, 0) is 32.3 Å². The number of likely N-dealkylation sites (N-methyl/N-ethyl adjacent to an activating group) is 1. The molecule has 8 nitrogen and oxygen atoms in total. The molecular weight excluding hydrogens is 416 g/mol. The lowest BCUT2D eigenvalue weighted by Crippen LogP contribution is -2.27. The van der Waals surface area contributed by atoms with Crippen molar-refractivity contribution in [1.29, 1.82) is 0 Å². The summed E-state index contributed by atoms with van der Waals surface area (Å²) in [5, 5.41) is 2.75. The van der Waals surface area contributed by atoms with E-state index in [1.165, 1.54) is 17.0 Å². The summed E-state index contributed by atoms with van der Waals surface area (Å²) in [7, 11) is -1.95. The Labute approximate surface area is 180 Å². The quantitative estimate of drug-likeness (QED) is 0.583. The van der Waals surface area contributed by atoms with Crippen LogP contribution in [0, 0.1) is 6.92 Å². The van der Waals surface area contributed by atoms with E-state index in [0.717, 1.165) is 28.1 Å². The smallest absolute Gasteiger partial charge is 0.231 e. The Morgan fingerprint density at radius 3 is 2.84 bits per heavy atom. The number of carbonyl (C=O) groups excluding carboxylic acids is 2. The average Bonchev–Trinajstić information content (AvgIpc) is 3.25. The molecule has 0 saturated carbocycles. The Morgan fingerprint density at radius 1 is 1.23 bits per heavy atom. The van der Waals surface area contributed by atoms with Crippen molar-refractivity contribution < 1.29 is 18.0 Å². The van der Waals surface area contributed by atoms with Crippen molar-refractivity contribution in [3.63, 3.8) is 0 Å². The van der Waals surface area contributed by atoms with Crippen LogP contribution in [0.2, 0.25) is 0 Å². The topological polar surface area (TPSA) is 112 Å². The number of imidazole rings is 1. The van der Waals surface area contributed by atoms with Crippen LogP contribution in [0.1, 0.15) is 23.4 Å². The number of hydrogen-bond acceptors (Lipinski definition) is 5. The molecule has 0 unspecified atom stereocenters. The first-order valence-electron chi connectivity index (χ1n) is 10.1. The second kappa shape index (κ2) is 8.14. The zero-order valence-electron chi connectivity index (χ0n) is 17.4. The molecule has 3 aromatic rings. The molecule has 0 radical (unpaired) electrons. The highest BCUT2D eigenvalue weighted by Crippen LogP contribution is 2.30. The van der Waals surface area contributed by atoms with Crippen molar-refractivity contribution in [3.05, 3.63) is 53.3 Å². The maximum atomic E-state index is 12.6. The first kappa shape index (κ1) is 21.0. The van der Waals surface area contributed by atoms with Crippen LogP contribution < -0.4 is 10.2 Å². The molecular formula is C22H24N4O4S. The van der Waals surface area contributed by atoms with E-state index >= 15 is 0 Å². The Bertz CT molecular complexity index is 1280. The highest BCUT2D eigenvalue weighted by molar-refractivity contribution is 7.91. The van der Waals surface area contributed by atoms with Gasteiger partial charge in [0, 0.05) is 32.1 Å². The monoisotopic (exact) mass is 440 g/mol. The van der Waals surface area contributed by atoms with Crippen LogP contribution in [0.25, 0.3) is 11.0 Å². The van der Waals surface area contributed by atoms with Gasteiger partial charge in [0.1, 0.15) is 5.82 Å². The van der Waals surface area contributed by atoms with Gasteiger partial charge in [-0.25, -0.2) is 13.4 Å². The third-order valence-electron chi connectivity index (χ3n) is 5.46. The second-order valence-electron chi connectivity index (χ2n) is 7.79. The number of nitrogens with zero attached hydrogens (tertiary/aromatic N) is 2. The molecule has 2 amide bonds. The Kier molecular flexibility index (Phi) is 5.53. The molecule has 0 spiro atoms. The molecule has 1 aliphatic heterocycles. The number of benzene rings is 2. The van der Waals surface area contributed by atoms with E-state index in [4.69, 9.17) is 0 Å². The normalized spacial score (nSPS) is 13.6. The summed E-state index contributed by atoms with van der Waals surface area (Å²) in [6.07, 6.45) is 0.590. The van der Waals surface area contributed by atoms with Gasteiger partial charge in [-0.05, 0) is 48.4 Å². The van der Waals surface area contributed by atoms with Gasteiger partial charge < -0.3 is 15.2 Å². The molecule has 31 heavy (non-hydrogen) atoms. The van der Waals surface area contributed by atoms with Crippen LogP contribution in [0.3, 0.4) is 0 Å². The fourth-order valence-electron chi connectivity index (χ4n) is 3.69. The molecule has 0 aliphatic carbocycles. The van der Waals surface area contributed by atoms with Gasteiger partial charge in [-0.1, -0.05) is 6.07 Å². The minimum atomic E-state index is -3.62. The maximum Gasteiger partial charge on any atom is 0.231 e. The van der Waals surface area contributed by atoms with E-state index in [-0.39, 0.29) is 35.3 Å². The minimum absolute atomic E-state index is 0.0662. The van der Waals surface area contributed by atoms with Gasteiger partial charge in [0.25, 0.3) is 0 Å². The molecule has 0 atom stereocenters. The standard InChI is InChI=1S/C22H24N4O4S/c1-14-3-5-17-18(11-14)25-20(24-17)7-9-23-21(27)8-10-31(29,30)16-4-6-19-15(12-16)13-22(28)26(19)2/h3-6,11-12H,7-10,13H2,1-2H3,(H,23,27)(H,24,25). The third kappa shape index (κ3) is 4.46. The SMILES string of the molecule is Cc1ccc2nc(CCNC(=O)CCS(=O)(=O)c3ccc4c(c3)CC(=O)N4C)[nH]c2c1. The Balaban J connectivity index is 1.30. The van der Waals surface area contributed by atoms with Crippen molar-refractivity contribution in [2.45, 2.75) is 31.1 Å². The summed E-state index contributed by atoms with van der Waals surface area (Å²) in [5.41, 5.74) is 4.38. The summed E-state index contributed by atoms with van der Waals surface area (Å²) in [4.78, 5) is 33.3. The van der Waals surface area contributed by atoms with Gasteiger partial charge in [0.05, 0.1) is 28.1 Å². The minimum Gasteiger partial charge on any atom is -0.356 e. The second-order valence-corrected chi connectivity index (χ2v) is 9.90. The highest BCUT2D eigenvalue weighted by Gasteiger charge is 2.26. The number of aromatic nitrogens is 2. The van der Waals surface area contributed by atoms with E-state index in [9.17, 15) is 18.0 Å². The van der Waals surface area contributed by atoms with Crippen molar-refractivity contribution in [1.82, 2.24) is 15.3 Å². The molecule has 0 fully saturated rings. The number of amides is 2.